The quantitative estimate of drug-likeness (QED) is 0.800. The van der Waals surface area contributed by atoms with Gasteiger partial charge in [0.25, 0.3) is 0 Å². The van der Waals surface area contributed by atoms with Gasteiger partial charge in [-0.05, 0) is 29.8 Å². The number of pyridine rings is 1. The van der Waals surface area contributed by atoms with Crippen LogP contribution in [-0.2, 0) is 0 Å². The lowest BCUT2D eigenvalue weighted by Gasteiger charge is -2.17. The predicted octanol–water partition coefficient (Wildman–Crippen LogP) is 3.46. The number of halogens is 1. The molecule has 1 heterocycles. The first-order valence-corrected chi connectivity index (χ1v) is 6.56. The molecule has 21 heavy (non-hydrogen) atoms. The molecule has 0 spiro atoms. The smallest absolute Gasteiger partial charge is 0.133 e. The number of aromatic nitrogens is 1. The van der Waals surface area contributed by atoms with Crippen molar-refractivity contribution in [3.8, 4) is 5.75 Å². The van der Waals surface area contributed by atoms with Gasteiger partial charge < -0.3 is 9.84 Å². The average molecular weight is 283 g/mol. The Hall–Kier alpha value is -2.46. The van der Waals surface area contributed by atoms with E-state index in [0.717, 1.165) is 10.9 Å². The standard InChI is InChI=1S/C17H14FNO2/c1-21-15-9-3-7-13(18)16(15)17(20)12-5-2-8-14-11(12)6-4-10-19-14/h2-10,17,20H,1H3. The van der Waals surface area contributed by atoms with Crippen LogP contribution in [0.15, 0.2) is 54.7 Å². The fourth-order valence-corrected chi connectivity index (χ4v) is 2.48. The molecule has 0 saturated heterocycles. The van der Waals surface area contributed by atoms with Crippen molar-refractivity contribution in [1.29, 1.82) is 0 Å². The third-order valence-electron chi connectivity index (χ3n) is 3.48. The number of ether oxygens (including phenoxy) is 1. The zero-order valence-electron chi connectivity index (χ0n) is 11.5. The van der Waals surface area contributed by atoms with Crippen LogP contribution in [0.25, 0.3) is 10.9 Å². The number of aliphatic hydroxyl groups excluding tert-OH is 1. The number of hydrogen-bond donors (Lipinski definition) is 1. The summed E-state index contributed by atoms with van der Waals surface area (Å²) in [4.78, 5) is 4.25. The lowest BCUT2D eigenvalue weighted by atomic mass is 9.96. The van der Waals surface area contributed by atoms with Crippen molar-refractivity contribution in [2.75, 3.05) is 7.11 Å². The van der Waals surface area contributed by atoms with Gasteiger partial charge in [0.1, 0.15) is 17.7 Å². The molecule has 0 amide bonds. The minimum Gasteiger partial charge on any atom is -0.496 e. The van der Waals surface area contributed by atoms with Crippen LogP contribution in [0.4, 0.5) is 4.39 Å². The van der Waals surface area contributed by atoms with Crippen molar-refractivity contribution in [1.82, 2.24) is 4.98 Å². The number of fused-ring (bicyclic) bond motifs is 1. The van der Waals surface area contributed by atoms with Crippen molar-refractivity contribution in [2.24, 2.45) is 0 Å². The molecule has 0 aliphatic rings. The average Bonchev–Trinajstić information content (AvgIpc) is 2.53. The Balaban J connectivity index is 2.20. The molecule has 4 heteroatoms. The normalized spacial score (nSPS) is 12.3. The summed E-state index contributed by atoms with van der Waals surface area (Å²) < 4.78 is 19.3. The highest BCUT2D eigenvalue weighted by molar-refractivity contribution is 5.82. The van der Waals surface area contributed by atoms with Gasteiger partial charge >= 0.3 is 0 Å². The highest BCUT2D eigenvalue weighted by atomic mass is 19.1. The van der Waals surface area contributed by atoms with Gasteiger partial charge in [0.05, 0.1) is 18.2 Å². The van der Waals surface area contributed by atoms with Gasteiger partial charge in [-0.15, -0.1) is 0 Å². The Kier molecular flexibility index (Phi) is 3.54. The topological polar surface area (TPSA) is 42.4 Å². The zero-order valence-corrected chi connectivity index (χ0v) is 11.5. The fourth-order valence-electron chi connectivity index (χ4n) is 2.48. The molecule has 3 aromatic rings. The second kappa shape index (κ2) is 5.50. The second-order valence-corrected chi connectivity index (χ2v) is 4.68. The molecule has 0 bridgehead atoms. The van der Waals surface area contributed by atoms with Crippen LogP contribution in [0, 0.1) is 5.82 Å². The maximum Gasteiger partial charge on any atom is 0.133 e. The predicted molar refractivity (Wildman–Crippen MR) is 78.8 cm³/mol. The van der Waals surface area contributed by atoms with Crippen molar-refractivity contribution >= 4 is 10.9 Å². The van der Waals surface area contributed by atoms with E-state index in [-0.39, 0.29) is 5.56 Å². The van der Waals surface area contributed by atoms with Gasteiger partial charge in [0.2, 0.25) is 0 Å². The number of nitrogens with zero attached hydrogens (tertiary/aromatic N) is 1. The largest absolute Gasteiger partial charge is 0.496 e. The molecule has 2 aromatic carbocycles. The van der Waals surface area contributed by atoms with Gasteiger partial charge in [0.15, 0.2) is 0 Å². The molecule has 1 N–H and O–H groups in total. The molecular weight excluding hydrogens is 269 g/mol. The van der Waals surface area contributed by atoms with Crippen LogP contribution in [-0.4, -0.2) is 17.2 Å². The van der Waals surface area contributed by atoms with Crippen molar-refractivity contribution < 1.29 is 14.2 Å². The van der Waals surface area contributed by atoms with E-state index in [1.807, 2.05) is 12.1 Å². The van der Waals surface area contributed by atoms with Crippen LogP contribution < -0.4 is 4.74 Å². The third-order valence-corrected chi connectivity index (χ3v) is 3.48. The number of methoxy groups -OCH3 is 1. The maximum absolute atomic E-state index is 14.1. The first-order chi connectivity index (χ1) is 10.2. The van der Waals surface area contributed by atoms with E-state index in [9.17, 15) is 9.50 Å². The Labute approximate surface area is 121 Å². The first-order valence-electron chi connectivity index (χ1n) is 6.56. The SMILES string of the molecule is COc1cccc(F)c1C(O)c1cccc2ncccc12. The third kappa shape index (κ3) is 2.34. The molecule has 0 aliphatic heterocycles. The molecule has 0 saturated carbocycles. The summed E-state index contributed by atoms with van der Waals surface area (Å²) >= 11 is 0. The van der Waals surface area contributed by atoms with Crippen molar-refractivity contribution in [3.05, 3.63) is 71.7 Å². The van der Waals surface area contributed by atoms with Gasteiger partial charge in [-0.1, -0.05) is 24.3 Å². The lowest BCUT2D eigenvalue weighted by molar-refractivity contribution is 0.210. The summed E-state index contributed by atoms with van der Waals surface area (Å²) in [5.41, 5.74) is 1.49. The van der Waals surface area contributed by atoms with E-state index >= 15 is 0 Å². The lowest BCUT2D eigenvalue weighted by Crippen LogP contribution is -2.06. The molecule has 0 aliphatic carbocycles. The van der Waals surface area contributed by atoms with Crippen molar-refractivity contribution in [2.45, 2.75) is 6.10 Å². The summed E-state index contributed by atoms with van der Waals surface area (Å²) in [6.07, 6.45) is 0.566. The molecular formula is C17H14FNO2. The summed E-state index contributed by atoms with van der Waals surface area (Å²) in [6.45, 7) is 0. The van der Waals surface area contributed by atoms with Crippen LogP contribution in [0.2, 0.25) is 0 Å². The Bertz CT molecular complexity index is 783. The van der Waals surface area contributed by atoms with Crippen LogP contribution in [0.3, 0.4) is 0 Å². The summed E-state index contributed by atoms with van der Waals surface area (Å²) in [6, 6.07) is 13.5. The van der Waals surface area contributed by atoms with Crippen LogP contribution in [0.5, 0.6) is 5.75 Å². The second-order valence-electron chi connectivity index (χ2n) is 4.68. The molecule has 1 atom stereocenters. The number of rotatable bonds is 3. The van der Waals surface area contributed by atoms with E-state index in [1.165, 1.54) is 13.2 Å². The summed E-state index contributed by atoms with van der Waals surface area (Å²) in [7, 11) is 1.45. The maximum atomic E-state index is 14.1. The van der Waals surface area contributed by atoms with Gasteiger partial charge in [-0.25, -0.2) is 4.39 Å². The number of hydrogen-bond acceptors (Lipinski definition) is 3. The Morgan fingerprint density at radius 3 is 2.71 bits per heavy atom. The highest BCUT2D eigenvalue weighted by Gasteiger charge is 2.21. The monoisotopic (exact) mass is 283 g/mol. The first kappa shape index (κ1) is 13.5. The minimum atomic E-state index is -1.12. The van der Waals surface area contributed by atoms with Gasteiger partial charge in [-0.2, -0.15) is 0 Å². The van der Waals surface area contributed by atoms with E-state index in [0.29, 0.717) is 11.3 Å². The van der Waals surface area contributed by atoms with Crippen LogP contribution in [0.1, 0.15) is 17.2 Å². The Morgan fingerprint density at radius 1 is 1.10 bits per heavy atom. The van der Waals surface area contributed by atoms with Gasteiger partial charge in [-0.3, -0.25) is 4.98 Å². The minimum absolute atomic E-state index is 0.136. The number of aliphatic hydroxyl groups is 1. The summed E-state index contributed by atoms with van der Waals surface area (Å²) in [5.74, 6) is -0.175. The van der Waals surface area contributed by atoms with E-state index in [2.05, 4.69) is 4.98 Å². The van der Waals surface area contributed by atoms with Gasteiger partial charge in [0, 0.05) is 11.6 Å². The van der Waals surface area contributed by atoms with Crippen LogP contribution >= 0.6 is 0 Å². The molecule has 3 rings (SSSR count). The summed E-state index contributed by atoms with van der Waals surface area (Å²) in [5, 5.41) is 11.4. The van der Waals surface area contributed by atoms with E-state index in [1.54, 1.807) is 36.5 Å². The molecule has 1 aromatic heterocycles. The molecule has 106 valence electrons. The number of benzene rings is 2. The molecule has 1 unspecified atom stereocenters. The molecule has 3 nitrogen and oxygen atoms in total. The highest BCUT2D eigenvalue weighted by Crippen LogP contribution is 2.34. The fraction of sp³-hybridized carbons (Fsp3) is 0.118. The Morgan fingerprint density at radius 2 is 1.90 bits per heavy atom. The zero-order chi connectivity index (χ0) is 14.8. The van der Waals surface area contributed by atoms with E-state index < -0.39 is 11.9 Å². The van der Waals surface area contributed by atoms with E-state index in [4.69, 9.17) is 4.74 Å². The molecule has 0 fully saturated rings. The molecule has 0 radical (unpaired) electrons. The van der Waals surface area contributed by atoms with Crippen molar-refractivity contribution in [3.63, 3.8) is 0 Å².